The number of alkyl halides is 6. The Labute approximate surface area is 307 Å². The Hall–Kier alpha value is -4.42. The molecule has 0 saturated heterocycles. The van der Waals surface area contributed by atoms with Crippen molar-refractivity contribution < 1.29 is 35.9 Å². The van der Waals surface area contributed by atoms with E-state index < -0.39 is 66.9 Å². The summed E-state index contributed by atoms with van der Waals surface area (Å²) in [5, 5.41) is 14.5. The predicted octanol–water partition coefficient (Wildman–Crippen LogP) is 13.6. The van der Waals surface area contributed by atoms with Gasteiger partial charge in [-0.3, -0.25) is 9.59 Å². The Morgan fingerprint density at radius 1 is 0.558 bits per heavy atom. The Kier molecular flexibility index (Phi) is 11.3. The number of benzene rings is 2. The predicted molar refractivity (Wildman–Crippen MR) is 190 cm³/mol. The van der Waals surface area contributed by atoms with Gasteiger partial charge < -0.3 is 0 Å². The van der Waals surface area contributed by atoms with Crippen LogP contribution in [0, 0.1) is 10.8 Å². The van der Waals surface area contributed by atoms with Gasteiger partial charge >= 0.3 is 12.4 Å². The fourth-order valence-corrected chi connectivity index (χ4v) is 5.81. The molecule has 0 aromatic heterocycles. The molecule has 6 nitrogen and oxygen atoms in total. The number of hydrogen-bond acceptors (Lipinski definition) is 6. The monoisotopic (exact) mass is 762 g/mol. The number of hydrogen-bond donors (Lipinski definition) is 0. The zero-order valence-electron chi connectivity index (χ0n) is 29.4. The van der Waals surface area contributed by atoms with E-state index in [4.69, 9.17) is 23.2 Å². The summed E-state index contributed by atoms with van der Waals surface area (Å²) in [6, 6.07) is 2.44. The average Bonchev–Trinajstić information content (AvgIpc) is 2.99. The average molecular weight is 764 g/mol. The fraction of sp³-hybridized carbons (Fsp3) is 0.316. The first kappa shape index (κ1) is 40.4. The molecule has 2 aliphatic rings. The summed E-state index contributed by atoms with van der Waals surface area (Å²) in [6.45, 7) is 14.4. The SMILES string of the molecule is CC1=CC(=C/N=N/c2cc(C(F)(F)F)c(-c3cc(Cl)c(/N=N/C=C4C=C(C(C)(C)C)C(=O)C(C(C)(C)C)=C4)cc3C(F)(F)F)cc2Cl)C=C(C)C1=O. The van der Waals surface area contributed by atoms with E-state index in [-0.39, 0.29) is 11.6 Å². The molecule has 0 bridgehead atoms. The van der Waals surface area contributed by atoms with Crippen molar-refractivity contribution in [2.24, 2.45) is 31.3 Å². The standard InChI is InChI=1S/C38H34Cl2F6N4O2/c1-19-9-21(10-20(2)33(19)51)17-47-49-31-15-25(37(41,42)43)23(13-29(31)39)24-14-30(40)32(16-26(24)38(44,45)46)50-48-18-22-11-27(35(3,4)5)34(52)28(12-22)36(6,7)8/h9-18H,1-8H3/b49-47+,50-48+. The van der Waals surface area contributed by atoms with Crippen LogP contribution in [0.3, 0.4) is 0 Å². The molecule has 0 atom stereocenters. The van der Waals surface area contributed by atoms with Crippen molar-refractivity contribution in [1.82, 2.24) is 0 Å². The van der Waals surface area contributed by atoms with Gasteiger partial charge in [0.25, 0.3) is 0 Å². The van der Waals surface area contributed by atoms with Gasteiger partial charge in [0.1, 0.15) is 11.4 Å². The number of azo groups is 2. The number of carbonyl (C=O) groups excluding carboxylic acids is 2. The second kappa shape index (κ2) is 14.5. The molecule has 0 heterocycles. The third kappa shape index (κ3) is 9.14. The number of ketones is 2. The highest BCUT2D eigenvalue weighted by Gasteiger charge is 2.40. The number of nitrogens with zero attached hydrogens (tertiary/aromatic N) is 4. The lowest BCUT2D eigenvalue weighted by atomic mass is 9.72. The van der Waals surface area contributed by atoms with Crippen molar-refractivity contribution in [3.8, 4) is 11.1 Å². The van der Waals surface area contributed by atoms with Crippen molar-refractivity contribution >= 4 is 46.1 Å². The van der Waals surface area contributed by atoms with Gasteiger partial charge in [-0.1, -0.05) is 64.7 Å². The molecule has 0 radical (unpaired) electrons. The molecule has 274 valence electrons. The third-order valence-electron chi connectivity index (χ3n) is 8.03. The van der Waals surface area contributed by atoms with Crippen LogP contribution < -0.4 is 0 Å². The Bertz CT molecular complexity index is 2040. The van der Waals surface area contributed by atoms with Crippen molar-refractivity contribution in [3.05, 3.63) is 116 Å². The lowest BCUT2D eigenvalue weighted by Gasteiger charge is -2.31. The molecule has 0 aliphatic heterocycles. The van der Waals surface area contributed by atoms with Crippen molar-refractivity contribution in [2.45, 2.75) is 67.7 Å². The van der Waals surface area contributed by atoms with E-state index in [0.29, 0.717) is 51.6 Å². The first-order valence-electron chi connectivity index (χ1n) is 15.7. The summed E-state index contributed by atoms with van der Waals surface area (Å²) >= 11 is 12.6. The minimum Gasteiger partial charge on any atom is -0.289 e. The Balaban J connectivity index is 1.80. The minimum absolute atomic E-state index is 0.132. The third-order valence-corrected chi connectivity index (χ3v) is 8.63. The zero-order valence-corrected chi connectivity index (χ0v) is 30.9. The number of halogens is 8. The molecule has 0 saturated carbocycles. The molecule has 4 rings (SSSR count). The van der Waals surface area contributed by atoms with Gasteiger partial charge in [-0.05, 0) is 107 Å². The van der Waals surface area contributed by atoms with E-state index in [0.717, 1.165) is 6.07 Å². The summed E-state index contributed by atoms with van der Waals surface area (Å²) in [5.74, 6) is -0.306. The van der Waals surface area contributed by atoms with Crippen LogP contribution in [0.1, 0.15) is 66.5 Å². The molecule has 0 fully saturated rings. The van der Waals surface area contributed by atoms with Crippen LogP contribution in [0.5, 0.6) is 0 Å². The lowest BCUT2D eigenvalue weighted by molar-refractivity contribution is -0.139. The van der Waals surface area contributed by atoms with Crippen LogP contribution in [-0.2, 0) is 21.9 Å². The van der Waals surface area contributed by atoms with Gasteiger partial charge in [-0.25, -0.2) is 0 Å². The van der Waals surface area contributed by atoms with Crippen LogP contribution in [0.25, 0.3) is 11.1 Å². The summed E-state index contributed by atoms with van der Waals surface area (Å²) in [5.41, 5.74) is -3.93. The highest BCUT2D eigenvalue weighted by Crippen LogP contribution is 2.48. The molecule has 0 amide bonds. The maximum absolute atomic E-state index is 14.5. The number of rotatable bonds is 5. The van der Waals surface area contributed by atoms with Gasteiger partial charge in [-0.2, -0.15) is 36.6 Å². The molecule has 0 spiro atoms. The van der Waals surface area contributed by atoms with Gasteiger partial charge in [0.2, 0.25) is 0 Å². The summed E-state index contributed by atoms with van der Waals surface area (Å²) < 4.78 is 86.6. The topological polar surface area (TPSA) is 83.6 Å². The Morgan fingerprint density at radius 2 is 0.904 bits per heavy atom. The van der Waals surface area contributed by atoms with Crippen molar-refractivity contribution in [1.29, 1.82) is 0 Å². The molecule has 2 aromatic rings. The lowest BCUT2D eigenvalue weighted by Crippen LogP contribution is -2.27. The first-order chi connectivity index (χ1) is 23.8. The molecular weight excluding hydrogens is 729 g/mol. The normalized spacial score (nSPS) is 16.4. The van der Waals surface area contributed by atoms with Crippen LogP contribution in [0.2, 0.25) is 10.0 Å². The molecular formula is C38H34Cl2F6N4O2. The van der Waals surface area contributed by atoms with Crippen LogP contribution in [0.15, 0.2) is 115 Å². The maximum Gasteiger partial charge on any atom is 0.417 e. The Morgan fingerprint density at radius 3 is 1.23 bits per heavy atom. The van der Waals surface area contributed by atoms with Crippen LogP contribution in [0.4, 0.5) is 37.7 Å². The number of allylic oxidation sites excluding steroid dienone is 10. The van der Waals surface area contributed by atoms with E-state index in [2.05, 4.69) is 20.5 Å². The summed E-state index contributed by atoms with van der Waals surface area (Å²) in [7, 11) is 0. The second-order valence-corrected chi connectivity index (χ2v) is 15.1. The van der Waals surface area contributed by atoms with Gasteiger partial charge in [-0.15, -0.1) is 10.2 Å². The van der Waals surface area contributed by atoms with Crippen LogP contribution in [-0.4, -0.2) is 11.6 Å². The molecule has 52 heavy (non-hydrogen) atoms. The van der Waals surface area contributed by atoms with Gasteiger partial charge in [0.15, 0.2) is 11.6 Å². The summed E-state index contributed by atoms with van der Waals surface area (Å²) in [6.07, 6.45) is -1.56. The molecule has 0 unspecified atom stereocenters. The minimum atomic E-state index is -5.15. The number of carbonyl (C=O) groups is 2. The molecule has 0 N–H and O–H groups in total. The highest BCUT2D eigenvalue weighted by molar-refractivity contribution is 6.34. The second-order valence-electron chi connectivity index (χ2n) is 14.3. The quantitative estimate of drug-likeness (QED) is 0.224. The highest BCUT2D eigenvalue weighted by atomic mass is 35.5. The largest absolute Gasteiger partial charge is 0.417 e. The van der Waals surface area contributed by atoms with E-state index in [1.54, 1.807) is 26.0 Å². The molecule has 2 aromatic carbocycles. The first-order valence-corrected chi connectivity index (χ1v) is 16.5. The summed E-state index contributed by atoms with van der Waals surface area (Å²) in [4.78, 5) is 25.2. The van der Waals surface area contributed by atoms with E-state index in [1.165, 1.54) is 24.6 Å². The van der Waals surface area contributed by atoms with Gasteiger partial charge in [0.05, 0.1) is 33.6 Å². The van der Waals surface area contributed by atoms with E-state index in [9.17, 15) is 35.9 Å². The van der Waals surface area contributed by atoms with Crippen LogP contribution >= 0.6 is 23.2 Å². The van der Waals surface area contributed by atoms with Gasteiger partial charge in [0, 0.05) is 11.1 Å². The molecule has 2 aliphatic carbocycles. The fourth-order valence-electron chi connectivity index (χ4n) is 5.41. The number of Topliss-reactive ketones (excluding diaryl/α,β-unsaturated/α-hetero) is 2. The zero-order chi connectivity index (χ0) is 39.1. The van der Waals surface area contributed by atoms with E-state index in [1.807, 2.05) is 41.5 Å². The van der Waals surface area contributed by atoms with Crippen molar-refractivity contribution in [2.75, 3.05) is 0 Å². The smallest absolute Gasteiger partial charge is 0.289 e. The maximum atomic E-state index is 14.5. The van der Waals surface area contributed by atoms with Crippen molar-refractivity contribution in [3.63, 3.8) is 0 Å². The molecule has 14 heteroatoms. The van der Waals surface area contributed by atoms with E-state index >= 15 is 0 Å².